The first-order chi connectivity index (χ1) is 14.0. The average Bonchev–Trinajstić information content (AvgIpc) is 3.35. The van der Waals surface area contributed by atoms with E-state index in [1.165, 1.54) is 44.9 Å². The van der Waals surface area contributed by atoms with Crippen molar-refractivity contribution in [3.05, 3.63) is 36.4 Å². The number of imidazole rings is 1. The van der Waals surface area contributed by atoms with Gasteiger partial charge in [-0.15, -0.1) is 0 Å². The molecular formula is C24H33N3O2. The second kappa shape index (κ2) is 6.75. The number of ether oxygens (including phenoxy) is 1. The quantitative estimate of drug-likeness (QED) is 0.715. The summed E-state index contributed by atoms with van der Waals surface area (Å²) in [6, 6.07) is 0.216. The number of hydrogen-bond acceptors (Lipinski definition) is 3. The van der Waals surface area contributed by atoms with Crippen molar-refractivity contribution in [3.8, 4) is 0 Å². The third-order valence-electron chi connectivity index (χ3n) is 8.93. The van der Waals surface area contributed by atoms with E-state index in [4.69, 9.17) is 4.74 Å². The summed E-state index contributed by atoms with van der Waals surface area (Å²) in [6.07, 6.45) is 18.8. The molecule has 1 aromatic rings. The number of fused-ring (bicyclic) bond motifs is 5. The lowest BCUT2D eigenvalue weighted by Gasteiger charge is -2.57. The molecule has 6 atom stereocenters. The van der Waals surface area contributed by atoms with Crippen LogP contribution in [0.25, 0.3) is 5.70 Å². The van der Waals surface area contributed by atoms with E-state index in [0.717, 1.165) is 30.6 Å². The summed E-state index contributed by atoms with van der Waals surface area (Å²) in [4.78, 5) is 16.0. The number of methoxy groups -OCH3 is 1. The zero-order valence-electron chi connectivity index (χ0n) is 17.9. The predicted molar refractivity (Wildman–Crippen MR) is 113 cm³/mol. The summed E-state index contributed by atoms with van der Waals surface area (Å²) < 4.78 is 7.06. The highest BCUT2D eigenvalue weighted by atomic mass is 16.5. The van der Waals surface area contributed by atoms with Crippen molar-refractivity contribution in [1.82, 2.24) is 14.9 Å². The molecule has 0 bridgehead atoms. The molecule has 156 valence electrons. The Morgan fingerprint density at radius 2 is 2.00 bits per heavy atom. The molecule has 1 heterocycles. The third kappa shape index (κ3) is 2.80. The maximum absolute atomic E-state index is 11.7. The Morgan fingerprint density at radius 3 is 2.76 bits per heavy atom. The van der Waals surface area contributed by atoms with E-state index < -0.39 is 0 Å². The van der Waals surface area contributed by atoms with E-state index >= 15 is 0 Å². The largest absolute Gasteiger partial charge is 0.453 e. The molecule has 4 aliphatic carbocycles. The van der Waals surface area contributed by atoms with Crippen LogP contribution in [0.1, 0.15) is 58.8 Å². The van der Waals surface area contributed by atoms with Crippen LogP contribution in [0.15, 0.2) is 36.4 Å². The minimum Gasteiger partial charge on any atom is -0.453 e. The number of rotatable bonds is 2. The maximum atomic E-state index is 11.7. The first kappa shape index (κ1) is 19.0. The van der Waals surface area contributed by atoms with Gasteiger partial charge in [0, 0.05) is 29.5 Å². The Kier molecular flexibility index (Phi) is 4.41. The van der Waals surface area contributed by atoms with Crippen molar-refractivity contribution >= 4 is 11.8 Å². The summed E-state index contributed by atoms with van der Waals surface area (Å²) in [6.45, 7) is 5.00. The topological polar surface area (TPSA) is 56.1 Å². The van der Waals surface area contributed by atoms with Crippen LogP contribution < -0.4 is 5.32 Å². The minimum atomic E-state index is -0.301. The zero-order chi connectivity index (χ0) is 20.2. The molecule has 0 radical (unpaired) electrons. The Balaban J connectivity index is 1.38. The fourth-order valence-electron chi connectivity index (χ4n) is 7.36. The molecule has 1 N–H and O–H groups in total. The Morgan fingerprint density at radius 1 is 1.17 bits per heavy atom. The molecule has 5 rings (SSSR count). The smallest absolute Gasteiger partial charge is 0.407 e. The highest BCUT2D eigenvalue weighted by molar-refractivity contribution is 5.67. The first-order valence-corrected chi connectivity index (χ1v) is 11.2. The van der Waals surface area contributed by atoms with E-state index in [1.54, 1.807) is 5.57 Å². The average molecular weight is 396 g/mol. The van der Waals surface area contributed by atoms with Gasteiger partial charge in [-0.3, -0.25) is 0 Å². The van der Waals surface area contributed by atoms with E-state index in [-0.39, 0.29) is 23.0 Å². The molecule has 5 nitrogen and oxygen atoms in total. The van der Waals surface area contributed by atoms with Gasteiger partial charge < -0.3 is 14.6 Å². The highest BCUT2D eigenvalue weighted by Crippen LogP contribution is 2.65. The highest BCUT2D eigenvalue weighted by Gasteiger charge is 2.57. The number of carbonyl (C=O) groups excluding carboxylic acids is 1. The summed E-state index contributed by atoms with van der Waals surface area (Å²) in [5.74, 6) is 2.24. The first-order valence-electron chi connectivity index (χ1n) is 11.2. The van der Waals surface area contributed by atoms with Crippen LogP contribution in [0.4, 0.5) is 4.79 Å². The lowest BCUT2D eigenvalue weighted by molar-refractivity contribution is -0.0137. The molecule has 0 saturated heterocycles. The standard InChI is InChI=1S/C24H33N3O2/c1-23-10-8-17(26-22(28)29-3)14-16(23)4-5-18-19-6-7-21(27-13-12-25-15-27)24(19,2)11-9-20(18)23/h4,7,12-13,15,17-20H,5-6,8-11,14H2,1-3H3,(H,26,28)/t17-,18+,19+,20+,23+,24+/m1/s1. The van der Waals surface area contributed by atoms with E-state index in [2.05, 4.69) is 47.1 Å². The minimum absolute atomic E-state index is 0.216. The number of hydrogen-bond donors (Lipinski definition) is 1. The van der Waals surface area contributed by atoms with Crippen LogP contribution in [0.3, 0.4) is 0 Å². The normalized spacial score (nSPS) is 40.8. The molecule has 5 heteroatoms. The summed E-state index contributed by atoms with van der Waals surface area (Å²) in [7, 11) is 1.44. The van der Waals surface area contributed by atoms with Gasteiger partial charge in [-0.2, -0.15) is 0 Å². The molecule has 2 fully saturated rings. The van der Waals surface area contributed by atoms with E-state index in [0.29, 0.717) is 0 Å². The fourth-order valence-corrected chi connectivity index (χ4v) is 7.36. The Labute approximate surface area is 173 Å². The van der Waals surface area contributed by atoms with Crippen molar-refractivity contribution < 1.29 is 9.53 Å². The second-order valence-electron chi connectivity index (χ2n) is 10.1. The molecule has 0 spiro atoms. The molecular weight excluding hydrogens is 362 g/mol. The SMILES string of the molecule is COC(=O)N[C@@H]1CC[C@@]2(C)C(=CC[C@@H]3[C@@H]2CC[C@]2(C)C(n4ccnc4)=CC[C@@H]32)C1. The number of amides is 1. The molecule has 0 aromatic carbocycles. The summed E-state index contributed by atoms with van der Waals surface area (Å²) >= 11 is 0. The molecule has 4 aliphatic rings. The third-order valence-corrected chi connectivity index (χ3v) is 8.93. The van der Waals surface area contributed by atoms with Crippen molar-refractivity contribution in [2.24, 2.45) is 28.6 Å². The van der Waals surface area contributed by atoms with Gasteiger partial charge in [0.2, 0.25) is 0 Å². The van der Waals surface area contributed by atoms with Crippen LogP contribution in [0.2, 0.25) is 0 Å². The van der Waals surface area contributed by atoms with Gasteiger partial charge in [-0.05, 0) is 68.1 Å². The van der Waals surface area contributed by atoms with Gasteiger partial charge in [0.05, 0.1) is 13.4 Å². The second-order valence-corrected chi connectivity index (χ2v) is 10.1. The van der Waals surface area contributed by atoms with Crippen LogP contribution in [0.5, 0.6) is 0 Å². The predicted octanol–water partition coefficient (Wildman–Crippen LogP) is 5.02. The van der Waals surface area contributed by atoms with Crippen molar-refractivity contribution in [2.75, 3.05) is 7.11 Å². The lowest BCUT2D eigenvalue weighted by Crippen LogP contribution is -2.51. The lowest BCUT2D eigenvalue weighted by atomic mass is 9.47. The van der Waals surface area contributed by atoms with Gasteiger partial charge in [-0.25, -0.2) is 9.78 Å². The van der Waals surface area contributed by atoms with Crippen molar-refractivity contribution in [1.29, 1.82) is 0 Å². The van der Waals surface area contributed by atoms with Gasteiger partial charge in [0.25, 0.3) is 0 Å². The molecule has 1 amide bonds. The molecule has 0 unspecified atom stereocenters. The van der Waals surface area contributed by atoms with E-state index in [9.17, 15) is 4.79 Å². The van der Waals surface area contributed by atoms with Gasteiger partial charge in [0.1, 0.15) is 0 Å². The number of alkyl carbamates (subject to hydrolysis) is 1. The number of nitrogens with one attached hydrogen (secondary N) is 1. The number of nitrogens with zero attached hydrogens (tertiary/aromatic N) is 2. The van der Waals surface area contributed by atoms with Gasteiger partial charge >= 0.3 is 6.09 Å². The van der Waals surface area contributed by atoms with Crippen LogP contribution in [-0.4, -0.2) is 28.8 Å². The summed E-state index contributed by atoms with van der Waals surface area (Å²) in [5, 5.41) is 3.04. The monoisotopic (exact) mass is 395 g/mol. The van der Waals surface area contributed by atoms with Crippen LogP contribution >= 0.6 is 0 Å². The Hall–Kier alpha value is -2.04. The van der Waals surface area contributed by atoms with Gasteiger partial charge in [-0.1, -0.05) is 31.6 Å². The van der Waals surface area contributed by atoms with Gasteiger partial charge in [0.15, 0.2) is 0 Å². The number of allylic oxidation sites excluding steroid dienone is 3. The summed E-state index contributed by atoms with van der Waals surface area (Å²) in [5.41, 5.74) is 3.59. The fraction of sp³-hybridized carbons (Fsp3) is 0.667. The van der Waals surface area contributed by atoms with Crippen LogP contribution in [-0.2, 0) is 4.74 Å². The van der Waals surface area contributed by atoms with Crippen LogP contribution in [0, 0.1) is 28.6 Å². The number of aromatic nitrogens is 2. The zero-order valence-corrected chi connectivity index (χ0v) is 17.9. The van der Waals surface area contributed by atoms with Crippen molar-refractivity contribution in [2.45, 2.75) is 64.8 Å². The molecule has 0 aliphatic heterocycles. The maximum Gasteiger partial charge on any atom is 0.407 e. The number of carbonyl (C=O) groups is 1. The molecule has 29 heavy (non-hydrogen) atoms. The molecule has 2 saturated carbocycles. The molecule has 1 aromatic heterocycles. The van der Waals surface area contributed by atoms with E-state index in [1.807, 2.05) is 12.5 Å². The van der Waals surface area contributed by atoms with Crippen molar-refractivity contribution in [3.63, 3.8) is 0 Å². The Bertz CT molecular complexity index is 857.